The number of nitrogens with zero attached hydrogens (tertiary/aromatic N) is 5. The van der Waals surface area contributed by atoms with Crippen molar-refractivity contribution in [3.8, 4) is 16.9 Å². The fraction of sp³-hybridized carbons (Fsp3) is 0.391. The largest absolute Gasteiger partial charge is 0.309 e. The van der Waals surface area contributed by atoms with Gasteiger partial charge >= 0.3 is 0 Å². The first kappa shape index (κ1) is 19.8. The van der Waals surface area contributed by atoms with E-state index in [0.29, 0.717) is 6.04 Å². The summed E-state index contributed by atoms with van der Waals surface area (Å²) in [7, 11) is 2.20. The number of hydrogen-bond donors (Lipinski definition) is 1. The van der Waals surface area contributed by atoms with Gasteiger partial charge in [-0.3, -0.25) is 9.88 Å². The molecule has 0 saturated carbocycles. The van der Waals surface area contributed by atoms with E-state index in [9.17, 15) is 0 Å². The van der Waals surface area contributed by atoms with E-state index in [1.165, 1.54) is 5.56 Å². The van der Waals surface area contributed by atoms with Gasteiger partial charge in [0.1, 0.15) is 0 Å². The fourth-order valence-electron chi connectivity index (χ4n) is 3.77. The molecule has 152 valence electrons. The van der Waals surface area contributed by atoms with Gasteiger partial charge in [0.05, 0.1) is 11.4 Å². The van der Waals surface area contributed by atoms with Gasteiger partial charge < -0.3 is 10.2 Å². The monoisotopic (exact) mass is 390 g/mol. The molecular formula is C23H30N6. The minimum atomic E-state index is 0.420. The van der Waals surface area contributed by atoms with Crippen LogP contribution in [0, 0.1) is 0 Å². The van der Waals surface area contributed by atoms with Gasteiger partial charge in [0.2, 0.25) is 0 Å². The van der Waals surface area contributed by atoms with E-state index in [1.54, 1.807) is 0 Å². The lowest BCUT2D eigenvalue weighted by Gasteiger charge is -2.34. The molecule has 0 aliphatic carbocycles. The van der Waals surface area contributed by atoms with E-state index in [2.05, 4.69) is 52.4 Å². The Morgan fingerprint density at radius 2 is 1.72 bits per heavy atom. The number of benzene rings is 1. The highest BCUT2D eigenvalue weighted by Crippen LogP contribution is 2.23. The highest BCUT2D eigenvalue weighted by Gasteiger charge is 2.17. The van der Waals surface area contributed by atoms with Crippen LogP contribution in [0.1, 0.15) is 12.5 Å². The Kier molecular flexibility index (Phi) is 6.34. The molecule has 6 heteroatoms. The number of piperazine rings is 1. The Morgan fingerprint density at radius 1 is 1.00 bits per heavy atom. The molecule has 1 aliphatic rings. The Morgan fingerprint density at radius 3 is 2.45 bits per heavy atom. The zero-order valence-corrected chi connectivity index (χ0v) is 17.3. The second-order valence-corrected chi connectivity index (χ2v) is 7.90. The van der Waals surface area contributed by atoms with E-state index in [1.807, 2.05) is 47.4 Å². The molecule has 1 fully saturated rings. The van der Waals surface area contributed by atoms with Gasteiger partial charge in [0.25, 0.3) is 0 Å². The van der Waals surface area contributed by atoms with E-state index < -0.39 is 0 Å². The van der Waals surface area contributed by atoms with Crippen LogP contribution in [0.25, 0.3) is 16.9 Å². The van der Waals surface area contributed by atoms with Crippen molar-refractivity contribution < 1.29 is 0 Å². The zero-order valence-electron chi connectivity index (χ0n) is 17.3. The van der Waals surface area contributed by atoms with Crippen LogP contribution in [0.15, 0.2) is 61.1 Å². The molecule has 1 aromatic carbocycles. The SMILES string of the molecule is CC(CN1CCN(C)CC1)NCc1cn(-c2ccccc2)nc1-c1ccncc1. The van der Waals surface area contributed by atoms with Crippen molar-refractivity contribution >= 4 is 0 Å². The predicted molar refractivity (Wildman–Crippen MR) is 117 cm³/mol. The molecule has 0 spiro atoms. The summed E-state index contributed by atoms with van der Waals surface area (Å²) >= 11 is 0. The molecular weight excluding hydrogens is 360 g/mol. The third kappa shape index (κ3) is 5.09. The molecule has 0 radical (unpaired) electrons. The Hall–Kier alpha value is -2.54. The van der Waals surface area contributed by atoms with Gasteiger partial charge in [-0.25, -0.2) is 4.68 Å². The quantitative estimate of drug-likeness (QED) is 0.672. The molecule has 0 bridgehead atoms. The summed E-state index contributed by atoms with van der Waals surface area (Å²) in [4.78, 5) is 9.10. The lowest BCUT2D eigenvalue weighted by atomic mass is 10.1. The normalized spacial score (nSPS) is 16.8. The first-order valence-electron chi connectivity index (χ1n) is 10.4. The lowest BCUT2D eigenvalue weighted by Crippen LogP contribution is -2.48. The molecule has 0 amide bonds. The van der Waals surface area contributed by atoms with Crippen LogP contribution in [0.2, 0.25) is 0 Å². The number of likely N-dealkylation sites (N-methyl/N-ethyl adjacent to an activating group) is 1. The maximum Gasteiger partial charge on any atom is 0.0973 e. The Labute approximate surface area is 173 Å². The van der Waals surface area contributed by atoms with Crippen LogP contribution in [0.3, 0.4) is 0 Å². The van der Waals surface area contributed by atoms with Crippen molar-refractivity contribution in [1.29, 1.82) is 0 Å². The highest BCUT2D eigenvalue weighted by atomic mass is 15.3. The summed E-state index contributed by atoms with van der Waals surface area (Å²) in [6.07, 6.45) is 5.79. The number of para-hydroxylation sites is 1. The number of hydrogen-bond acceptors (Lipinski definition) is 5. The van der Waals surface area contributed by atoms with Crippen molar-refractivity contribution in [2.24, 2.45) is 0 Å². The van der Waals surface area contributed by atoms with E-state index in [0.717, 1.165) is 56.2 Å². The zero-order chi connectivity index (χ0) is 20.1. The van der Waals surface area contributed by atoms with Crippen molar-refractivity contribution in [2.45, 2.75) is 19.5 Å². The van der Waals surface area contributed by atoms with Crippen LogP contribution in [0.5, 0.6) is 0 Å². The Bertz CT molecular complexity index is 884. The van der Waals surface area contributed by atoms with E-state index in [4.69, 9.17) is 5.10 Å². The minimum Gasteiger partial charge on any atom is -0.309 e. The molecule has 4 rings (SSSR count). The van der Waals surface area contributed by atoms with Gasteiger partial charge in [-0.05, 0) is 38.2 Å². The van der Waals surface area contributed by atoms with Crippen LogP contribution in [-0.4, -0.2) is 70.4 Å². The standard InChI is InChI=1S/C23H30N6/c1-19(17-28-14-12-27(2)13-15-28)25-16-21-18-29(22-6-4-3-5-7-22)26-23(21)20-8-10-24-11-9-20/h3-11,18-19,25H,12-17H2,1-2H3. The lowest BCUT2D eigenvalue weighted by molar-refractivity contribution is 0.144. The molecule has 1 atom stereocenters. The van der Waals surface area contributed by atoms with E-state index in [-0.39, 0.29) is 0 Å². The number of nitrogens with one attached hydrogen (secondary N) is 1. The highest BCUT2D eigenvalue weighted by molar-refractivity contribution is 5.62. The summed E-state index contributed by atoms with van der Waals surface area (Å²) in [5, 5.41) is 8.59. The van der Waals surface area contributed by atoms with Crippen molar-refractivity contribution in [3.63, 3.8) is 0 Å². The van der Waals surface area contributed by atoms with Crippen LogP contribution in [-0.2, 0) is 6.54 Å². The third-order valence-corrected chi connectivity index (χ3v) is 5.53. The first-order valence-corrected chi connectivity index (χ1v) is 10.4. The maximum atomic E-state index is 4.89. The molecule has 29 heavy (non-hydrogen) atoms. The molecule has 3 aromatic rings. The third-order valence-electron chi connectivity index (χ3n) is 5.53. The topological polar surface area (TPSA) is 49.2 Å². The molecule has 1 saturated heterocycles. The number of aromatic nitrogens is 3. The smallest absolute Gasteiger partial charge is 0.0973 e. The molecule has 1 aliphatic heterocycles. The fourth-order valence-corrected chi connectivity index (χ4v) is 3.77. The second-order valence-electron chi connectivity index (χ2n) is 7.90. The minimum absolute atomic E-state index is 0.420. The predicted octanol–water partition coefficient (Wildman–Crippen LogP) is 2.66. The molecule has 1 unspecified atom stereocenters. The summed E-state index contributed by atoms with van der Waals surface area (Å²) in [6, 6.07) is 14.7. The van der Waals surface area contributed by atoms with Gasteiger partial charge in [0.15, 0.2) is 0 Å². The molecule has 6 nitrogen and oxygen atoms in total. The van der Waals surface area contributed by atoms with Gasteiger partial charge in [-0.15, -0.1) is 0 Å². The summed E-state index contributed by atoms with van der Waals surface area (Å²) in [5.74, 6) is 0. The summed E-state index contributed by atoms with van der Waals surface area (Å²) < 4.78 is 1.97. The van der Waals surface area contributed by atoms with Crippen molar-refractivity contribution in [1.82, 2.24) is 29.9 Å². The number of rotatable bonds is 7. The van der Waals surface area contributed by atoms with E-state index >= 15 is 0 Å². The Balaban J connectivity index is 1.47. The van der Waals surface area contributed by atoms with Gasteiger partial charge in [-0.2, -0.15) is 5.10 Å². The van der Waals surface area contributed by atoms with Gasteiger partial charge in [0, 0.05) is 75.0 Å². The molecule has 2 aromatic heterocycles. The van der Waals surface area contributed by atoms with Crippen LogP contribution in [0.4, 0.5) is 0 Å². The second kappa shape index (κ2) is 9.31. The van der Waals surface area contributed by atoms with Crippen LogP contribution < -0.4 is 5.32 Å². The molecule has 3 heterocycles. The first-order chi connectivity index (χ1) is 14.2. The maximum absolute atomic E-state index is 4.89. The van der Waals surface area contributed by atoms with Gasteiger partial charge in [-0.1, -0.05) is 18.2 Å². The van der Waals surface area contributed by atoms with Crippen LogP contribution >= 0.6 is 0 Å². The summed E-state index contributed by atoms with van der Waals surface area (Å²) in [5.41, 5.74) is 4.37. The average Bonchev–Trinajstić information content (AvgIpc) is 3.20. The van der Waals surface area contributed by atoms with Crippen molar-refractivity contribution in [2.75, 3.05) is 39.8 Å². The number of pyridine rings is 1. The van der Waals surface area contributed by atoms with Crippen molar-refractivity contribution in [3.05, 3.63) is 66.6 Å². The summed E-state index contributed by atoms with van der Waals surface area (Å²) in [6.45, 7) is 8.75. The average molecular weight is 391 g/mol. The molecule has 1 N–H and O–H groups in total.